The first kappa shape index (κ1) is 14.1. The van der Waals surface area contributed by atoms with Gasteiger partial charge in [-0.1, -0.05) is 33.1 Å². The molecular formula is C16H26N2O2. The molecular weight excluding hydrogens is 252 g/mol. The monoisotopic (exact) mass is 278 g/mol. The fraction of sp³-hybridized carbons (Fsp3) is 0.875. The second-order valence-corrected chi connectivity index (χ2v) is 7.40. The second-order valence-electron chi connectivity index (χ2n) is 7.40. The molecule has 4 nitrogen and oxygen atoms in total. The quantitative estimate of drug-likeness (QED) is 0.805. The van der Waals surface area contributed by atoms with Crippen molar-refractivity contribution in [2.24, 2.45) is 5.41 Å². The maximum atomic E-state index is 12.5. The van der Waals surface area contributed by atoms with E-state index in [1.165, 1.54) is 12.8 Å². The normalized spacial score (nSPS) is 34.4. The number of likely N-dealkylation sites (tertiary alicyclic amines) is 1. The number of nitrogens with one attached hydrogen (secondary N) is 1. The highest BCUT2D eigenvalue weighted by atomic mass is 16.2. The van der Waals surface area contributed by atoms with Gasteiger partial charge in [0.1, 0.15) is 0 Å². The summed E-state index contributed by atoms with van der Waals surface area (Å²) in [4.78, 5) is 26.3. The third-order valence-corrected chi connectivity index (χ3v) is 5.53. The maximum absolute atomic E-state index is 12.5. The van der Waals surface area contributed by atoms with Crippen LogP contribution in [-0.2, 0) is 9.59 Å². The van der Waals surface area contributed by atoms with Crippen LogP contribution in [0.5, 0.6) is 0 Å². The lowest BCUT2D eigenvalue weighted by Crippen LogP contribution is -2.48. The van der Waals surface area contributed by atoms with E-state index < -0.39 is 0 Å². The predicted octanol–water partition coefficient (Wildman–Crippen LogP) is 2.22. The average molecular weight is 278 g/mol. The Bertz CT molecular complexity index is 413. The van der Waals surface area contributed by atoms with Gasteiger partial charge in [-0.2, -0.15) is 0 Å². The zero-order valence-electron chi connectivity index (χ0n) is 12.7. The topological polar surface area (TPSA) is 49.4 Å². The fourth-order valence-electron chi connectivity index (χ4n) is 4.21. The van der Waals surface area contributed by atoms with E-state index in [9.17, 15) is 9.59 Å². The molecule has 0 spiro atoms. The highest BCUT2D eigenvalue weighted by Gasteiger charge is 2.45. The van der Waals surface area contributed by atoms with E-state index in [1.807, 2.05) is 0 Å². The first-order valence-corrected chi connectivity index (χ1v) is 8.11. The minimum Gasteiger partial charge on any atom is -0.302 e. The molecule has 1 aliphatic heterocycles. The number of rotatable bonds is 3. The number of carbonyl (C=O) groups is 2. The minimum atomic E-state index is -0.273. The van der Waals surface area contributed by atoms with E-state index >= 15 is 0 Å². The first-order chi connectivity index (χ1) is 9.49. The average Bonchev–Trinajstić information content (AvgIpc) is 3.04. The Morgan fingerprint density at radius 1 is 1.10 bits per heavy atom. The van der Waals surface area contributed by atoms with Gasteiger partial charge >= 0.3 is 0 Å². The van der Waals surface area contributed by atoms with Gasteiger partial charge in [-0.15, -0.1) is 0 Å². The Morgan fingerprint density at radius 2 is 1.80 bits per heavy atom. The molecule has 0 aromatic heterocycles. The van der Waals surface area contributed by atoms with Gasteiger partial charge in [0.05, 0.1) is 12.5 Å². The Morgan fingerprint density at radius 3 is 2.40 bits per heavy atom. The largest absolute Gasteiger partial charge is 0.302 e. The van der Waals surface area contributed by atoms with Crippen LogP contribution in [0, 0.1) is 5.41 Å². The molecule has 1 N–H and O–H groups in total. The van der Waals surface area contributed by atoms with Crippen molar-refractivity contribution in [2.45, 2.75) is 83.3 Å². The molecule has 2 aliphatic carbocycles. The Hall–Kier alpha value is -0.900. The van der Waals surface area contributed by atoms with Crippen LogP contribution < -0.4 is 5.32 Å². The van der Waals surface area contributed by atoms with Crippen molar-refractivity contribution in [3.63, 3.8) is 0 Å². The molecule has 1 heterocycles. The molecule has 3 rings (SSSR count). The summed E-state index contributed by atoms with van der Waals surface area (Å²) in [5, 5.41) is 3.49. The van der Waals surface area contributed by atoms with Crippen molar-refractivity contribution >= 4 is 11.8 Å². The van der Waals surface area contributed by atoms with E-state index in [0.717, 1.165) is 32.1 Å². The van der Waals surface area contributed by atoms with Crippen LogP contribution in [0.1, 0.15) is 65.2 Å². The van der Waals surface area contributed by atoms with Crippen molar-refractivity contribution in [2.75, 3.05) is 0 Å². The van der Waals surface area contributed by atoms with E-state index in [4.69, 9.17) is 0 Å². The zero-order valence-corrected chi connectivity index (χ0v) is 12.7. The van der Waals surface area contributed by atoms with E-state index in [1.54, 1.807) is 4.90 Å². The summed E-state index contributed by atoms with van der Waals surface area (Å²) < 4.78 is 0. The van der Waals surface area contributed by atoms with Crippen LogP contribution in [0.25, 0.3) is 0 Å². The smallest absolute Gasteiger partial charge is 0.247 e. The Balaban J connectivity index is 1.67. The number of nitrogens with zero attached hydrogens (tertiary/aromatic N) is 1. The van der Waals surface area contributed by atoms with Crippen molar-refractivity contribution in [3.05, 3.63) is 0 Å². The third-order valence-electron chi connectivity index (χ3n) is 5.53. The minimum absolute atomic E-state index is 0.0320. The van der Waals surface area contributed by atoms with Crippen LogP contribution in [0.3, 0.4) is 0 Å². The molecule has 0 aromatic rings. The van der Waals surface area contributed by atoms with E-state index in [-0.39, 0.29) is 29.3 Å². The van der Waals surface area contributed by atoms with Gasteiger partial charge in [0, 0.05) is 12.1 Å². The predicted molar refractivity (Wildman–Crippen MR) is 77.1 cm³/mol. The number of hydrogen-bond donors (Lipinski definition) is 1. The van der Waals surface area contributed by atoms with Crippen LogP contribution in [0.2, 0.25) is 0 Å². The van der Waals surface area contributed by atoms with E-state index in [0.29, 0.717) is 12.5 Å². The molecule has 0 aromatic carbocycles. The lowest BCUT2D eigenvalue weighted by atomic mass is 9.87. The summed E-state index contributed by atoms with van der Waals surface area (Å²) in [6, 6.07) is 0.275. The number of imide groups is 1. The number of hydrogen-bond acceptors (Lipinski definition) is 3. The molecule has 20 heavy (non-hydrogen) atoms. The van der Waals surface area contributed by atoms with Crippen molar-refractivity contribution in [3.8, 4) is 0 Å². The highest BCUT2D eigenvalue weighted by Crippen LogP contribution is 2.38. The van der Waals surface area contributed by atoms with Gasteiger partial charge in [0.2, 0.25) is 11.8 Å². The van der Waals surface area contributed by atoms with Gasteiger partial charge < -0.3 is 5.32 Å². The lowest BCUT2D eigenvalue weighted by molar-refractivity contribution is -0.141. The van der Waals surface area contributed by atoms with Crippen molar-refractivity contribution in [1.82, 2.24) is 10.2 Å². The van der Waals surface area contributed by atoms with Gasteiger partial charge in [0.15, 0.2) is 0 Å². The third kappa shape index (κ3) is 2.39. The summed E-state index contributed by atoms with van der Waals surface area (Å²) in [5.41, 5.74) is 0.240. The maximum Gasteiger partial charge on any atom is 0.247 e. The van der Waals surface area contributed by atoms with Crippen molar-refractivity contribution in [1.29, 1.82) is 0 Å². The first-order valence-electron chi connectivity index (χ1n) is 8.11. The van der Waals surface area contributed by atoms with Gasteiger partial charge in [-0.05, 0) is 31.1 Å². The van der Waals surface area contributed by atoms with Gasteiger partial charge in [-0.3, -0.25) is 14.5 Å². The molecule has 3 aliphatic rings. The molecule has 0 bridgehead atoms. The summed E-state index contributed by atoms with van der Waals surface area (Å²) >= 11 is 0. The summed E-state index contributed by atoms with van der Waals surface area (Å²) in [5.74, 6) is 0.0693. The Kier molecular flexibility index (Phi) is 3.61. The molecule has 2 unspecified atom stereocenters. The molecule has 0 radical (unpaired) electrons. The van der Waals surface area contributed by atoms with Gasteiger partial charge in [0.25, 0.3) is 0 Å². The van der Waals surface area contributed by atoms with Crippen LogP contribution in [0.15, 0.2) is 0 Å². The summed E-state index contributed by atoms with van der Waals surface area (Å²) in [6.45, 7) is 4.52. The van der Waals surface area contributed by atoms with E-state index in [2.05, 4.69) is 19.2 Å². The van der Waals surface area contributed by atoms with Crippen LogP contribution in [-0.4, -0.2) is 34.8 Å². The number of amides is 2. The lowest BCUT2D eigenvalue weighted by Gasteiger charge is -2.30. The second kappa shape index (κ2) is 5.14. The Labute approximate surface area is 121 Å². The van der Waals surface area contributed by atoms with Crippen LogP contribution in [0.4, 0.5) is 0 Å². The molecule has 2 atom stereocenters. The molecule has 4 heteroatoms. The summed E-state index contributed by atoms with van der Waals surface area (Å²) in [7, 11) is 0. The van der Waals surface area contributed by atoms with Gasteiger partial charge in [-0.25, -0.2) is 0 Å². The molecule has 2 amide bonds. The fourth-order valence-corrected chi connectivity index (χ4v) is 4.21. The number of carbonyl (C=O) groups excluding carboxylic acids is 2. The summed E-state index contributed by atoms with van der Waals surface area (Å²) in [6.07, 6.45) is 8.19. The molecule has 3 fully saturated rings. The highest BCUT2D eigenvalue weighted by molar-refractivity contribution is 6.05. The molecule has 112 valence electrons. The SMILES string of the molecule is CC1(C)CCCC1NC1CC(=O)N(C2CCCC2)C1=O. The molecule has 1 saturated heterocycles. The van der Waals surface area contributed by atoms with Crippen LogP contribution >= 0.6 is 0 Å². The molecule has 2 saturated carbocycles. The van der Waals surface area contributed by atoms with Crippen molar-refractivity contribution < 1.29 is 9.59 Å². The standard InChI is InChI=1S/C16H26N2O2/c1-16(2)9-5-8-13(16)17-12-10-14(19)18(15(12)20)11-6-3-4-7-11/h11-13,17H,3-10H2,1-2H3. The zero-order chi connectivity index (χ0) is 14.3.